The minimum atomic E-state index is -0.469. The SMILES string of the molecule is CCCCn1nc(CC(=O)Cl)ccc1=O. The molecule has 0 radical (unpaired) electrons. The summed E-state index contributed by atoms with van der Waals surface area (Å²) in [5.74, 6) is 0. The van der Waals surface area contributed by atoms with E-state index in [4.69, 9.17) is 11.6 Å². The maximum atomic E-state index is 11.3. The Labute approximate surface area is 92.9 Å². The quantitative estimate of drug-likeness (QED) is 0.715. The van der Waals surface area contributed by atoms with Crippen molar-refractivity contribution in [2.75, 3.05) is 0 Å². The summed E-state index contributed by atoms with van der Waals surface area (Å²) in [5, 5.41) is 3.58. The van der Waals surface area contributed by atoms with Crippen LogP contribution in [0.25, 0.3) is 0 Å². The van der Waals surface area contributed by atoms with Crippen LogP contribution in [-0.2, 0) is 17.8 Å². The number of aryl methyl sites for hydroxylation is 1. The Kier molecular flexibility index (Phi) is 4.49. The summed E-state index contributed by atoms with van der Waals surface area (Å²) in [7, 11) is 0. The third kappa shape index (κ3) is 3.83. The van der Waals surface area contributed by atoms with Crippen LogP contribution in [-0.4, -0.2) is 15.0 Å². The fraction of sp³-hybridized carbons (Fsp3) is 0.500. The van der Waals surface area contributed by atoms with Crippen LogP contribution >= 0.6 is 11.6 Å². The van der Waals surface area contributed by atoms with E-state index in [9.17, 15) is 9.59 Å². The van der Waals surface area contributed by atoms with Crippen molar-refractivity contribution in [1.82, 2.24) is 9.78 Å². The van der Waals surface area contributed by atoms with Gasteiger partial charge in [0.05, 0.1) is 12.1 Å². The van der Waals surface area contributed by atoms with Crippen LogP contribution in [0, 0.1) is 0 Å². The lowest BCUT2D eigenvalue weighted by Gasteiger charge is -2.04. The van der Waals surface area contributed by atoms with Gasteiger partial charge in [0.2, 0.25) is 5.24 Å². The largest absolute Gasteiger partial charge is 0.281 e. The molecule has 0 atom stereocenters. The molecule has 0 aliphatic heterocycles. The zero-order valence-corrected chi connectivity index (χ0v) is 9.33. The molecule has 15 heavy (non-hydrogen) atoms. The highest BCUT2D eigenvalue weighted by atomic mass is 35.5. The summed E-state index contributed by atoms with van der Waals surface area (Å²) in [5.41, 5.74) is 0.389. The first-order chi connectivity index (χ1) is 7.13. The van der Waals surface area contributed by atoms with Crippen LogP contribution in [0.2, 0.25) is 0 Å². The smallest absolute Gasteiger partial charge is 0.266 e. The van der Waals surface area contributed by atoms with E-state index in [1.807, 2.05) is 6.92 Å². The molecule has 1 aromatic heterocycles. The first-order valence-corrected chi connectivity index (χ1v) is 5.26. The predicted molar refractivity (Wildman–Crippen MR) is 58.0 cm³/mol. The van der Waals surface area contributed by atoms with Gasteiger partial charge in [0.15, 0.2) is 0 Å². The maximum absolute atomic E-state index is 11.3. The molecule has 0 aliphatic rings. The fourth-order valence-electron chi connectivity index (χ4n) is 1.20. The highest BCUT2D eigenvalue weighted by molar-refractivity contribution is 6.63. The molecule has 5 heteroatoms. The highest BCUT2D eigenvalue weighted by Crippen LogP contribution is 1.97. The summed E-state index contributed by atoms with van der Waals surface area (Å²) in [6, 6.07) is 2.95. The molecule has 0 fully saturated rings. The van der Waals surface area contributed by atoms with Gasteiger partial charge in [0, 0.05) is 12.6 Å². The molecule has 0 N–H and O–H groups in total. The second-order valence-corrected chi connectivity index (χ2v) is 3.69. The van der Waals surface area contributed by atoms with Gasteiger partial charge in [0.1, 0.15) is 0 Å². The topological polar surface area (TPSA) is 52.0 Å². The molecule has 0 saturated carbocycles. The highest BCUT2D eigenvalue weighted by Gasteiger charge is 2.03. The minimum absolute atomic E-state index is 0.0635. The fourth-order valence-corrected chi connectivity index (χ4v) is 1.33. The lowest BCUT2D eigenvalue weighted by molar-refractivity contribution is -0.111. The molecular weight excluding hydrogens is 216 g/mol. The Balaban J connectivity index is 2.84. The number of unbranched alkanes of at least 4 members (excludes halogenated alkanes) is 1. The van der Waals surface area contributed by atoms with E-state index in [0.717, 1.165) is 12.8 Å². The van der Waals surface area contributed by atoms with Crippen LogP contribution in [0.4, 0.5) is 0 Å². The molecule has 0 saturated heterocycles. The van der Waals surface area contributed by atoms with Gasteiger partial charge in [0.25, 0.3) is 5.56 Å². The normalized spacial score (nSPS) is 10.3. The lowest BCUT2D eigenvalue weighted by atomic mass is 10.3. The van der Waals surface area contributed by atoms with Gasteiger partial charge < -0.3 is 0 Å². The Morgan fingerprint density at radius 2 is 2.27 bits per heavy atom. The van der Waals surface area contributed by atoms with Gasteiger partial charge in [-0.1, -0.05) is 13.3 Å². The molecule has 1 aromatic rings. The van der Waals surface area contributed by atoms with Crippen molar-refractivity contribution in [3.8, 4) is 0 Å². The molecule has 0 spiro atoms. The minimum Gasteiger partial charge on any atom is -0.281 e. The Bertz CT molecular complexity index is 401. The van der Waals surface area contributed by atoms with E-state index >= 15 is 0 Å². The zero-order valence-electron chi connectivity index (χ0n) is 8.57. The van der Waals surface area contributed by atoms with Crippen LogP contribution in [0.5, 0.6) is 0 Å². The number of hydrogen-bond acceptors (Lipinski definition) is 3. The van der Waals surface area contributed by atoms with Gasteiger partial charge in [-0.15, -0.1) is 0 Å². The molecule has 1 rings (SSSR count). The van der Waals surface area contributed by atoms with Crippen molar-refractivity contribution in [2.24, 2.45) is 0 Å². The van der Waals surface area contributed by atoms with Gasteiger partial charge in [-0.3, -0.25) is 9.59 Å². The van der Waals surface area contributed by atoms with E-state index in [1.165, 1.54) is 16.8 Å². The molecule has 0 aliphatic carbocycles. The van der Waals surface area contributed by atoms with Crippen molar-refractivity contribution < 1.29 is 4.79 Å². The third-order valence-electron chi connectivity index (χ3n) is 1.97. The van der Waals surface area contributed by atoms with Gasteiger partial charge in [-0.25, -0.2) is 4.68 Å². The number of nitrogens with zero attached hydrogens (tertiary/aromatic N) is 2. The van der Waals surface area contributed by atoms with Crippen molar-refractivity contribution in [3.63, 3.8) is 0 Å². The molecule has 82 valence electrons. The van der Waals surface area contributed by atoms with Gasteiger partial charge >= 0.3 is 0 Å². The maximum Gasteiger partial charge on any atom is 0.266 e. The van der Waals surface area contributed by atoms with E-state index in [2.05, 4.69) is 5.10 Å². The zero-order chi connectivity index (χ0) is 11.3. The monoisotopic (exact) mass is 228 g/mol. The number of hydrogen-bond donors (Lipinski definition) is 0. The number of aromatic nitrogens is 2. The number of rotatable bonds is 5. The molecule has 4 nitrogen and oxygen atoms in total. The number of halogens is 1. The Morgan fingerprint density at radius 3 is 2.87 bits per heavy atom. The van der Waals surface area contributed by atoms with Gasteiger partial charge in [-0.05, 0) is 24.1 Å². The number of carbonyl (C=O) groups is 1. The Morgan fingerprint density at radius 1 is 1.53 bits per heavy atom. The molecule has 0 unspecified atom stereocenters. The van der Waals surface area contributed by atoms with Crippen molar-refractivity contribution >= 4 is 16.8 Å². The van der Waals surface area contributed by atoms with Crippen LogP contribution in [0.3, 0.4) is 0 Å². The van der Waals surface area contributed by atoms with Crippen LogP contribution in [0.1, 0.15) is 25.5 Å². The standard InChI is InChI=1S/C10H13ClN2O2/c1-2-3-6-13-10(15)5-4-8(12-13)7-9(11)14/h4-5H,2-3,6-7H2,1H3. The summed E-state index contributed by atoms with van der Waals surface area (Å²) in [4.78, 5) is 22.0. The first kappa shape index (κ1) is 11.9. The third-order valence-corrected chi connectivity index (χ3v) is 2.10. The summed E-state index contributed by atoms with van der Waals surface area (Å²) >= 11 is 5.24. The molecule has 0 bridgehead atoms. The van der Waals surface area contributed by atoms with E-state index in [-0.39, 0.29) is 12.0 Å². The van der Waals surface area contributed by atoms with Crippen molar-refractivity contribution in [1.29, 1.82) is 0 Å². The predicted octanol–water partition coefficient (Wildman–Crippen LogP) is 1.35. The van der Waals surface area contributed by atoms with Gasteiger partial charge in [-0.2, -0.15) is 5.10 Å². The average molecular weight is 229 g/mol. The lowest BCUT2D eigenvalue weighted by Crippen LogP contribution is -2.23. The Hall–Kier alpha value is -1.16. The van der Waals surface area contributed by atoms with E-state index in [0.29, 0.717) is 12.2 Å². The summed E-state index contributed by atoms with van der Waals surface area (Å²) < 4.78 is 1.37. The average Bonchev–Trinajstić information content (AvgIpc) is 2.18. The second kappa shape index (κ2) is 5.66. The van der Waals surface area contributed by atoms with Crippen molar-refractivity contribution in [3.05, 3.63) is 28.2 Å². The summed E-state index contributed by atoms with van der Waals surface area (Å²) in [6.07, 6.45) is 1.95. The van der Waals surface area contributed by atoms with E-state index < -0.39 is 5.24 Å². The molecule has 0 aromatic carbocycles. The van der Waals surface area contributed by atoms with E-state index in [1.54, 1.807) is 0 Å². The van der Waals surface area contributed by atoms with Crippen LogP contribution in [0.15, 0.2) is 16.9 Å². The molecular formula is C10H13ClN2O2. The second-order valence-electron chi connectivity index (χ2n) is 3.27. The van der Waals surface area contributed by atoms with Crippen molar-refractivity contribution in [2.45, 2.75) is 32.7 Å². The molecule has 0 amide bonds. The first-order valence-electron chi connectivity index (χ1n) is 4.89. The van der Waals surface area contributed by atoms with Crippen LogP contribution < -0.4 is 5.56 Å². The summed E-state index contributed by atoms with van der Waals surface area (Å²) in [6.45, 7) is 2.62. The number of carbonyl (C=O) groups excluding carboxylic acids is 1. The molecule has 1 heterocycles.